The van der Waals surface area contributed by atoms with Gasteiger partial charge in [0, 0.05) is 44.4 Å². The van der Waals surface area contributed by atoms with Gasteiger partial charge in [-0.15, -0.1) is 17.0 Å². The molecule has 8 nitrogen and oxygen atoms in total. The van der Waals surface area contributed by atoms with Crippen molar-refractivity contribution in [2.24, 2.45) is 0 Å². The molecular weight excluding hydrogens is 524 g/mol. The Morgan fingerprint density at radius 2 is 1.81 bits per heavy atom. The van der Waals surface area contributed by atoms with E-state index >= 15 is 0 Å². The van der Waals surface area contributed by atoms with Gasteiger partial charge in [0.25, 0.3) is 5.91 Å². The van der Waals surface area contributed by atoms with E-state index in [1.165, 1.54) is 11.8 Å². The van der Waals surface area contributed by atoms with Gasteiger partial charge in [-0.1, -0.05) is 20.8 Å². The van der Waals surface area contributed by atoms with Gasteiger partial charge in [-0.25, -0.2) is 0 Å². The van der Waals surface area contributed by atoms with E-state index in [1.54, 1.807) is 37.2 Å². The lowest BCUT2D eigenvalue weighted by Gasteiger charge is -2.24. The molecule has 0 fully saturated rings. The normalized spacial score (nSPS) is 12.5. The predicted molar refractivity (Wildman–Crippen MR) is 147 cm³/mol. The third-order valence-corrected chi connectivity index (χ3v) is 6.21. The number of rotatable bonds is 7. The van der Waals surface area contributed by atoms with E-state index in [4.69, 9.17) is 10.1 Å². The Morgan fingerprint density at radius 1 is 1.14 bits per heavy atom. The molecule has 194 valence electrons. The average molecular weight is 560 g/mol. The summed E-state index contributed by atoms with van der Waals surface area (Å²) >= 11 is 0. The molecule has 1 aliphatic rings. The number of ketones is 1. The summed E-state index contributed by atoms with van der Waals surface area (Å²) in [6.07, 6.45) is 0. The number of anilines is 1. The third-order valence-electron chi connectivity index (χ3n) is 6.21. The van der Waals surface area contributed by atoms with E-state index in [1.807, 2.05) is 19.1 Å². The first-order valence-corrected chi connectivity index (χ1v) is 11.7. The van der Waals surface area contributed by atoms with E-state index in [-0.39, 0.29) is 52.4 Å². The molecule has 0 unspecified atom stereocenters. The second-order valence-corrected chi connectivity index (χ2v) is 9.74. The van der Waals surface area contributed by atoms with Crippen molar-refractivity contribution in [3.05, 3.63) is 58.1 Å². The van der Waals surface area contributed by atoms with Crippen molar-refractivity contribution in [1.29, 1.82) is 5.41 Å². The van der Waals surface area contributed by atoms with Crippen molar-refractivity contribution < 1.29 is 19.1 Å². The first-order chi connectivity index (χ1) is 16.4. The summed E-state index contributed by atoms with van der Waals surface area (Å²) < 4.78 is 5.66. The fraction of sp³-hybridized carbons (Fsp3) is 0.407. The van der Waals surface area contributed by atoms with Crippen molar-refractivity contribution >= 4 is 46.1 Å². The minimum atomic E-state index is -0.292. The SMILES string of the molecule is Br.CCOc1cc2c(cc1C(=O)NC)C(=N)N(CC(=O)c1cc(N(C)C(C)=O)cc(C(C)(C)C)c1)C2. The third kappa shape index (κ3) is 5.95. The summed E-state index contributed by atoms with van der Waals surface area (Å²) in [5.74, 6) is 0.0855. The number of Topliss-reactive ketones (excluding diaryl/α,β-unsaturated/α-hetero) is 1. The van der Waals surface area contributed by atoms with Crippen LogP contribution in [-0.2, 0) is 16.8 Å². The number of hydrogen-bond donors (Lipinski definition) is 2. The Bertz CT molecular complexity index is 1200. The van der Waals surface area contributed by atoms with Gasteiger partial charge in [0.2, 0.25) is 5.91 Å². The minimum Gasteiger partial charge on any atom is -0.493 e. The minimum absolute atomic E-state index is 0. The molecule has 0 bridgehead atoms. The number of amidine groups is 1. The van der Waals surface area contributed by atoms with Crippen LogP contribution in [0.1, 0.15) is 72.0 Å². The lowest BCUT2D eigenvalue weighted by Crippen LogP contribution is -2.31. The van der Waals surface area contributed by atoms with Crippen molar-refractivity contribution in [1.82, 2.24) is 10.2 Å². The molecule has 0 radical (unpaired) electrons. The highest BCUT2D eigenvalue weighted by Crippen LogP contribution is 2.32. The van der Waals surface area contributed by atoms with E-state index in [0.717, 1.165) is 11.1 Å². The van der Waals surface area contributed by atoms with Crippen molar-refractivity contribution in [3.63, 3.8) is 0 Å². The van der Waals surface area contributed by atoms with Crippen LogP contribution in [0.2, 0.25) is 0 Å². The van der Waals surface area contributed by atoms with Gasteiger partial charge in [0.15, 0.2) is 5.78 Å². The van der Waals surface area contributed by atoms with E-state index in [2.05, 4.69) is 26.1 Å². The lowest BCUT2D eigenvalue weighted by atomic mass is 9.85. The number of hydrogen-bond acceptors (Lipinski definition) is 5. The zero-order valence-corrected chi connectivity index (χ0v) is 23.7. The summed E-state index contributed by atoms with van der Waals surface area (Å²) in [5, 5.41) is 11.3. The van der Waals surface area contributed by atoms with Crippen molar-refractivity contribution in [2.45, 2.75) is 46.6 Å². The summed E-state index contributed by atoms with van der Waals surface area (Å²) in [7, 11) is 3.23. The van der Waals surface area contributed by atoms with Gasteiger partial charge in [-0.3, -0.25) is 19.8 Å². The molecule has 9 heteroatoms. The smallest absolute Gasteiger partial charge is 0.254 e. The van der Waals surface area contributed by atoms with Crippen LogP contribution in [0, 0.1) is 5.41 Å². The van der Waals surface area contributed by atoms with Crippen LogP contribution in [-0.4, -0.2) is 55.6 Å². The standard InChI is InChI=1S/C27H34N4O4.BrH/c1-8-35-24-11-18-14-31(25(28)21(18)13-22(24)26(34)29-6)15-23(33)17-9-19(27(3,4)5)12-20(10-17)30(7)16(2)32;/h9-13,28H,8,14-15H2,1-7H3,(H,29,34);1H. The largest absolute Gasteiger partial charge is 0.493 e. The number of benzene rings is 2. The second kappa shape index (κ2) is 11.2. The van der Waals surface area contributed by atoms with Gasteiger partial charge >= 0.3 is 0 Å². The molecule has 2 N–H and O–H groups in total. The Hall–Kier alpha value is -3.20. The maximum atomic E-state index is 13.4. The molecule has 0 atom stereocenters. The van der Waals surface area contributed by atoms with Crippen LogP contribution in [0.3, 0.4) is 0 Å². The Balaban J connectivity index is 0.00000456. The van der Waals surface area contributed by atoms with Crippen LogP contribution in [0.5, 0.6) is 5.75 Å². The molecule has 2 amide bonds. The molecule has 0 aliphatic carbocycles. The number of fused-ring (bicyclic) bond motifs is 1. The molecular formula is C27H35BrN4O4. The highest BCUT2D eigenvalue weighted by Gasteiger charge is 2.30. The maximum absolute atomic E-state index is 13.4. The number of nitrogens with one attached hydrogen (secondary N) is 2. The highest BCUT2D eigenvalue weighted by atomic mass is 79.9. The topological polar surface area (TPSA) is 103 Å². The highest BCUT2D eigenvalue weighted by molar-refractivity contribution is 8.93. The van der Waals surface area contributed by atoms with Gasteiger partial charge in [0.1, 0.15) is 11.6 Å². The average Bonchev–Trinajstić information content (AvgIpc) is 3.10. The van der Waals surface area contributed by atoms with E-state index < -0.39 is 0 Å². The molecule has 1 aliphatic heterocycles. The second-order valence-electron chi connectivity index (χ2n) is 9.74. The van der Waals surface area contributed by atoms with Gasteiger partial charge < -0.3 is 19.9 Å². The maximum Gasteiger partial charge on any atom is 0.254 e. The monoisotopic (exact) mass is 558 g/mol. The summed E-state index contributed by atoms with van der Waals surface area (Å²) in [4.78, 5) is 40.9. The molecule has 36 heavy (non-hydrogen) atoms. The zero-order chi connectivity index (χ0) is 26.1. The molecule has 2 aromatic rings. The number of nitrogens with zero attached hydrogens (tertiary/aromatic N) is 2. The summed E-state index contributed by atoms with van der Waals surface area (Å²) in [6, 6.07) is 8.96. The molecule has 0 spiro atoms. The number of amides is 2. The molecule has 3 rings (SSSR count). The Labute approximate surface area is 223 Å². The Kier molecular flexibility index (Phi) is 9.07. The van der Waals surface area contributed by atoms with Gasteiger partial charge in [-0.2, -0.15) is 0 Å². The van der Waals surface area contributed by atoms with Crippen LogP contribution in [0.25, 0.3) is 0 Å². The fourth-order valence-electron chi connectivity index (χ4n) is 4.00. The fourth-order valence-corrected chi connectivity index (χ4v) is 4.00. The number of ether oxygens (including phenoxy) is 1. The van der Waals surface area contributed by atoms with Crippen LogP contribution < -0.4 is 15.0 Å². The van der Waals surface area contributed by atoms with E-state index in [9.17, 15) is 14.4 Å². The molecule has 0 saturated carbocycles. The molecule has 2 aromatic carbocycles. The molecule has 0 aromatic heterocycles. The van der Waals surface area contributed by atoms with Gasteiger partial charge in [-0.05, 0) is 53.8 Å². The lowest BCUT2D eigenvalue weighted by molar-refractivity contribution is -0.116. The number of halogens is 1. The summed E-state index contributed by atoms with van der Waals surface area (Å²) in [6.45, 7) is 10.3. The Morgan fingerprint density at radius 3 is 2.36 bits per heavy atom. The molecule has 1 heterocycles. The predicted octanol–water partition coefficient (Wildman–Crippen LogP) is 4.33. The van der Waals surface area contributed by atoms with Crippen molar-refractivity contribution in [3.8, 4) is 5.75 Å². The van der Waals surface area contributed by atoms with Crippen LogP contribution >= 0.6 is 17.0 Å². The first-order valence-electron chi connectivity index (χ1n) is 11.7. The summed E-state index contributed by atoms with van der Waals surface area (Å²) in [5.41, 5.74) is 3.68. The quantitative estimate of drug-likeness (QED) is 0.492. The zero-order valence-electron chi connectivity index (χ0n) is 21.9. The van der Waals surface area contributed by atoms with Crippen LogP contribution in [0.4, 0.5) is 5.69 Å². The first kappa shape index (κ1) is 29.0. The van der Waals surface area contributed by atoms with Crippen molar-refractivity contribution in [2.75, 3.05) is 32.1 Å². The number of carbonyl (C=O) groups is 3. The van der Waals surface area contributed by atoms with Gasteiger partial charge in [0.05, 0.1) is 18.7 Å². The van der Waals surface area contributed by atoms with Crippen LogP contribution in [0.15, 0.2) is 30.3 Å². The van der Waals surface area contributed by atoms with E-state index in [0.29, 0.717) is 41.3 Å². The number of carbonyl (C=O) groups excluding carboxylic acids is 3. The molecule has 0 saturated heterocycles.